The van der Waals surface area contributed by atoms with Crippen molar-refractivity contribution in [3.63, 3.8) is 0 Å². The van der Waals surface area contributed by atoms with Crippen molar-refractivity contribution in [3.8, 4) is 11.5 Å². The molecule has 2 aromatic carbocycles. The molecule has 10 heteroatoms. The summed E-state index contributed by atoms with van der Waals surface area (Å²) in [5.41, 5.74) is 4.24. The highest BCUT2D eigenvalue weighted by Gasteiger charge is 2.31. The minimum atomic E-state index is -4.58. The van der Waals surface area contributed by atoms with Crippen molar-refractivity contribution < 1.29 is 37.0 Å². The average Bonchev–Trinajstić information content (AvgIpc) is 2.65. The summed E-state index contributed by atoms with van der Waals surface area (Å²) in [7, 11) is 0. The number of amides is 1. The lowest BCUT2D eigenvalue weighted by Crippen LogP contribution is -2.22. The smallest absolute Gasteiger partial charge is 0.416 e. The van der Waals surface area contributed by atoms with Crippen LogP contribution in [0.15, 0.2) is 36.4 Å². The zero-order valence-corrected chi connectivity index (χ0v) is 14.3. The number of hydrogen-bond donors (Lipinski definition) is 2. The number of esters is 1. The Bertz CT molecular complexity index is 915. The number of rotatable bonds is 4. The van der Waals surface area contributed by atoms with Gasteiger partial charge in [-0.05, 0) is 30.3 Å². The molecule has 148 valence electrons. The molecular formula is C18H15F3N2O5. The number of benzene rings is 2. The number of halogens is 3. The molecule has 1 aliphatic heterocycles. The molecule has 0 saturated heterocycles. The molecule has 0 saturated carbocycles. The van der Waals surface area contributed by atoms with Gasteiger partial charge in [0.25, 0.3) is 5.91 Å². The Labute approximate surface area is 157 Å². The molecule has 0 radical (unpaired) electrons. The van der Waals surface area contributed by atoms with E-state index in [0.717, 1.165) is 6.07 Å². The zero-order chi connectivity index (χ0) is 20.3. The lowest BCUT2D eigenvalue weighted by atomic mass is 10.1. The maximum atomic E-state index is 12.6. The van der Waals surface area contributed by atoms with Crippen LogP contribution in [0, 0.1) is 0 Å². The van der Waals surface area contributed by atoms with Crippen LogP contribution in [-0.2, 0) is 15.7 Å². The van der Waals surface area contributed by atoms with Crippen molar-refractivity contribution in [1.29, 1.82) is 0 Å². The Morgan fingerprint density at radius 2 is 1.79 bits per heavy atom. The van der Waals surface area contributed by atoms with Crippen LogP contribution in [0.25, 0.3) is 0 Å². The van der Waals surface area contributed by atoms with Crippen molar-refractivity contribution in [2.75, 3.05) is 30.9 Å². The maximum Gasteiger partial charge on any atom is 0.416 e. The van der Waals surface area contributed by atoms with Crippen LogP contribution < -0.4 is 20.5 Å². The van der Waals surface area contributed by atoms with Crippen molar-refractivity contribution >= 4 is 23.3 Å². The molecule has 2 aromatic rings. The third-order valence-electron chi connectivity index (χ3n) is 3.76. The Kier molecular flexibility index (Phi) is 5.30. The van der Waals surface area contributed by atoms with E-state index in [1.165, 1.54) is 0 Å². The van der Waals surface area contributed by atoms with Crippen molar-refractivity contribution in [1.82, 2.24) is 0 Å². The molecule has 1 aliphatic rings. The SMILES string of the molecule is Nc1cc(C(F)(F)F)ccc1C(=O)OCC(=O)Nc1ccc2c(c1)OCCO2. The highest BCUT2D eigenvalue weighted by Crippen LogP contribution is 2.33. The number of fused-ring (bicyclic) bond motifs is 1. The number of hydrogen-bond acceptors (Lipinski definition) is 6. The number of anilines is 2. The molecule has 0 bridgehead atoms. The summed E-state index contributed by atoms with van der Waals surface area (Å²) in [4.78, 5) is 23.9. The summed E-state index contributed by atoms with van der Waals surface area (Å²) in [5, 5.41) is 2.51. The molecule has 0 spiro atoms. The normalized spacial score (nSPS) is 13.0. The fourth-order valence-corrected chi connectivity index (χ4v) is 2.45. The number of nitrogens with two attached hydrogens (primary N) is 1. The van der Waals surface area contributed by atoms with E-state index in [0.29, 0.717) is 42.5 Å². The van der Waals surface area contributed by atoms with Crippen LogP contribution in [0.2, 0.25) is 0 Å². The molecule has 0 aliphatic carbocycles. The fraction of sp³-hybridized carbons (Fsp3) is 0.222. The molecular weight excluding hydrogens is 381 g/mol. The van der Waals surface area contributed by atoms with Gasteiger partial charge < -0.3 is 25.3 Å². The van der Waals surface area contributed by atoms with Crippen molar-refractivity contribution in [2.45, 2.75) is 6.18 Å². The van der Waals surface area contributed by atoms with E-state index >= 15 is 0 Å². The van der Waals surface area contributed by atoms with Crippen LogP contribution in [0.1, 0.15) is 15.9 Å². The van der Waals surface area contributed by atoms with E-state index in [-0.39, 0.29) is 5.56 Å². The van der Waals surface area contributed by atoms with E-state index in [2.05, 4.69) is 5.32 Å². The zero-order valence-electron chi connectivity index (χ0n) is 14.3. The molecule has 0 atom stereocenters. The molecule has 0 aromatic heterocycles. The largest absolute Gasteiger partial charge is 0.486 e. The highest BCUT2D eigenvalue weighted by atomic mass is 19.4. The lowest BCUT2D eigenvalue weighted by molar-refractivity contribution is -0.137. The van der Waals surface area contributed by atoms with E-state index in [1.807, 2.05) is 0 Å². The van der Waals surface area contributed by atoms with Gasteiger partial charge in [-0.2, -0.15) is 13.2 Å². The van der Waals surface area contributed by atoms with Crippen LogP contribution in [-0.4, -0.2) is 31.7 Å². The number of ether oxygens (including phenoxy) is 3. The second-order valence-electron chi connectivity index (χ2n) is 5.78. The third-order valence-corrected chi connectivity index (χ3v) is 3.76. The Balaban J connectivity index is 1.58. The standard InChI is InChI=1S/C18H15F3N2O5/c19-18(20,21)10-1-3-12(13(22)7-10)17(25)28-9-16(24)23-11-2-4-14-15(8-11)27-6-5-26-14/h1-4,7-8H,5-6,9,22H2,(H,23,24). The van der Waals surface area contributed by atoms with Gasteiger partial charge in [0.1, 0.15) is 13.2 Å². The van der Waals surface area contributed by atoms with Gasteiger partial charge in [0, 0.05) is 17.4 Å². The topological polar surface area (TPSA) is 99.9 Å². The Morgan fingerprint density at radius 3 is 2.46 bits per heavy atom. The highest BCUT2D eigenvalue weighted by molar-refractivity contribution is 5.98. The summed E-state index contributed by atoms with van der Waals surface area (Å²) >= 11 is 0. The van der Waals surface area contributed by atoms with Gasteiger partial charge in [0.2, 0.25) is 0 Å². The number of carbonyl (C=O) groups is 2. The first-order valence-corrected chi connectivity index (χ1v) is 8.07. The third kappa shape index (κ3) is 4.45. The Morgan fingerprint density at radius 1 is 1.07 bits per heavy atom. The van der Waals surface area contributed by atoms with Gasteiger partial charge in [0.05, 0.1) is 11.1 Å². The van der Waals surface area contributed by atoms with Gasteiger partial charge in [-0.15, -0.1) is 0 Å². The van der Waals surface area contributed by atoms with Gasteiger partial charge in [-0.1, -0.05) is 0 Å². The molecule has 28 heavy (non-hydrogen) atoms. The van der Waals surface area contributed by atoms with E-state index in [1.54, 1.807) is 18.2 Å². The Hall–Kier alpha value is -3.43. The van der Waals surface area contributed by atoms with Crippen LogP contribution in [0.5, 0.6) is 11.5 Å². The summed E-state index contributed by atoms with van der Waals surface area (Å²) < 4.78 is 53.4. The molecule has 1 amide bonds. The van der Waals surface area contributed by atoms with Gasteiger partial charge >= 0.3 is 12.1 Å². The molecule has 7 nitrogen and oxygen atoms in total. The van der Waals surface area contributed by atoms with Crippen LogP contribution in [0.3, 0.4) is 0 Å². The van der Waals surface area contributed by atoms with E-state index < -0.39 is 35.9 Å². The monoisotopic (exact) mass is 396 g/mol. The first-order valence-electron chi connectivity index (χ1n) is 8.07. The number of nitrogen functional groups attached to an aromatic ring is 1. The molecule has 0 fully saturated rings. The van der Waals surface area contributed by atoms with Crippen molar-refractivity contribution in [2.24, 2.45) is 0 Å². The van der Waals surface area contributed by atoms with E-state index in [9.17, 15) is 22.8 Å². The first kappa shape index (κ1) is 19.3. The maximum absolute atomic E-state index is 12.6. The molecule has 1 heterocycles. The molecule has 3 N–H and O–H groups in total. The second kappa shape index (κ2) is 7.67. The fourth-order valence-electron chi connectivity index (χ4n) is 2.45. The van der Waals surface area contributed by atoms with Gasteiger partial charge in [0.15, 0.2) is 18.1 Å². The van der Waals surface area contributed by atoms with Crippen LogP contribution in [0.4, 0.5) is 24.5 Å². The minimum Gasteiger partial charge on any atom is -0.486 e. The summed E-state index contributed by atoms with van der Waals surface area (Å²) in [6.07, 6.45) is -4.58. The summed E-state index contributed by atoms with van der Waals surface area (Å²) in [5.74, 6) is -0.633. The quantitative estimate of drug-likeness (QED) is 0.609. The van der Waals surface area contributed by atoms with Gasteiger partial charge in [-0.3, -0.25) is 4.79 Å². The number of nitrogens with one attached hydrogen (secondary N) is 1. The van der Waals surface area contributed by atoms with Crippen LogP contribution >= 0.6 is 0 Å². The lowest BCUT2D eigenvalue weighted by Gasteiger charge is -2.19. The summed E-state index contributed by atoms with van der Waals surface area (Å²) in [6, 6.07) is 7.01. The number of carbonyl (C=O) groups excluding carboxylic acids is 2. The second-order valence-corrected chi connectivity index (χ2v) is 5.78. The van der Waals surface area contributed by atoms with Crippen molar-refractivity contribution in [3.05, 3.63) is 47.5 Å². The average molecular weight is 396 g/mol. The number of alkyl halides is 3. The predicted octanol–water partition coefficient (Wildman–Crippen LogP) is 2.85. The van der Waals surface area contributed by atoms with E-state index in [4.69, 9.17) is 19.9 Å². The minimum absolute atomic E-state index is 0.264. The predicted molar refractivity (Wildman–Crippen MR) is 92.2 cm³/mol. The molecule has 3 rings (SSSR count). The first-order chi connectivity index (χ1) is 13.2. The van der Waals surface area contributed by atoms with Gasteiger partial charge in [-0.25, -0.2) is 4.79 Å². The summed E-state index contributed by atoms with van der Waals surface area (Å²) in [6.45, 7) is 0.173. The molecule has 0 unspecified atom stereocenters.